The summed E-state index contributed by atoms with van der Waals surface area (Å²) in [6.07, 6.45) is 0. The van der Waals surface area contributed by atoms with Gasteiger partial charge in [0, 0.05) is 17.8 Å². The minimum Gasteiger partial charge on any atom is -0.353 e. The van der Waals surface area contributed by atoms with Crippen molar-refractivity contribution in [2.24, 2.45) is 0 Å². The van der Waals surface area contributed by atoms with Crippen molar-refractivity contribution < 1.29 is 18.1 Å². The van der Waals surface area contributed by atoms with Gasteiger partial charge in [0.1, 0.15) is 17.5 Å². The van der Waals surface area contributed by atoms with E-state index in [1.807, 2.05) is 0 Å². The van der Waals surface area contributed by atoms with Crippen LogP contribution < -0.4 is 5.32 Å². The van der Waals surface area contributed by atoms with Crippen LogP contribution in [0.4, 0.5) is 30.2 Å². The molecule has 0 bridgehead atoms. The molecule has 0 aromatic heterocycles. The minimum atomic E-state index is -0.905. The maximum absolute atomic E-state index is 13.5. The van der Waals surface area contributed by atoms with E-state index in [1.165, 1.54) is 0 Å². The Morgan fingerprint density at radius 3 is 2.40 bits per heavy atom. The summed E-state index contributed by atoms with van der Waals surface area (Å²) in [5, 5.41) is 13.1. The van der Waals surface area contributed by atoms with Crippen LogP contribution in [0.25, 0.3) is 0 Å². The van der Waals surface area contributed by atoms with Gasteiger partial charge in [0.05, 0.1) is 21.1 Å². The molecular weight excluding hydrogens is 341 g/mol. The van der Waals surface area contributed by atoms with Crippen LogP contribution in [0.3, 0.4) is 0 Å². The Bertz CT molecular complexity index is 695. The number of hydrogen-bond acceptors (Lipinski definition) is 3. The highest BCUT2D eigenvalue weighted by atomic mass is 79.9. The van der Waals surface area contributed by atoms with Crippen molar-refractivity contribution in [2.45, 2.75) is 0 Å². The van der Waals surface area contributed by atoms with Crippen molar-refractivity contribution in [3.63, 3.8) is 0 Å². The maximum Gasteiger partial charge on any atom is 0.274 e. The molecule has 0 aliphatic rings. The van der Waals surface area contributed by atoms with E-state index in [0.717, 1.165) is 24.3 Å². The molecule has 0 unspecified atom stereocenters. The van der Waals surface area contributed by atoms with Crippen molar-refractivity contribution in [1.82, 2.24) is 0 Å². The second-order valence-electron chi connectivity index (χ2n) is 3.83. The molecule has 4 nitrogen and oxygen atoms in total. The molecule has 8 heteroatoms. The molecule has 0 saturated heterocycles. The molecule has 1 N–H and O–H groups in total. The fourth-order valence-corrected chi connectivity index (χ4v) is 1.87. The Hall–Kier alpha value is -2.09. The minimum absolute atomic E-state index is 0.00676. The van der Waals surface area contributed by atoms with E-state index in [9.17, 15) is 23.3 Å². The van der Waals surface area contributed by atoms with Gasteiger partial charge >= 0.3 is 0 Å². The monoisotopic (exact) mass is 346 g/mol. The van der Waals surface area contributed by atoms with E-state index in [4.69, 9.17) is 0 Å². The van der Waals surface area contributed by atoms with Crippen molar-refractivity contribution in [1.29, 1.82) is 0 Å². The Kier molecular flexibility index (Phi) is 3.93. The number of nitrogens with zero attached hydrogens (tertiary/aromatic N) is 1. The first-order valence-electron chi connectivity index (χ1n) is 5.23. The summed E-state index contributed by atoms with van der Waals surface area (Å²) < 4.78 is 39.8. The molecule has 0 atom stereocenters. The van der Waals surface area contributed by atoms with Gasteiger partial charge in [-0.15, -0.1) is 0 Å². The van der Waals surface area contributed by atoms with E-state index >= 15 is 0 Å². The summed E-state index contributed by atoms with van der Waals surface area (Å²) in [5.74, 6) is -2.54. The van der Waals surface area contributed by atoms with Crippen LogP contribution in [0, 0.1) is 27.6 Å². The summed E-state index contributed by atoms with van der Waals surface area (Å²) >= 11 is 2.88. The number of nitrogens with one attached hydrogen (secondary N) is 1. The fraction of sp³-hybridized carbons (Fsp3) is 0. The lowest BCUT2D eigenvalue weighted by molar-refractivity contribution is -0.385. The summed E-state index contributed by atoms with van der Waals surface area (Å²) in [7, 11) is 0. The molecule has 0 aliphatic heterocycles. The lowest BCUT2D eigenvalue weighted by Gasteiger charge is -2.09. The Labute approximate surface area is 119 Å². The molecule has 20 heavy (non-hydrogen) atoms. The molecule has 0 aliphatic carbocycles. The Morgan fingerprint density at radius 1 is 1.05 bits per heavy atom. The first-order valence-corrected chi connectivity index (χ1v) is 6.02. The smallest absolute Gasteiger partial charge is 0.274 e. The third-order valence-corrected chi connectivity index (χ3v) is 2.99. The van der Waals surface area contributed by atoms with E-state index in [0.29, 0.717) is 6.07 Å². The molecule has 0 heterocycles. The normalized spacial score (nSPS) is 10.4. The van der Waals surface area contributed by atoms with E-state index in [1.54, 1.807) is 0 Å². The fourth-order valence-electron chi connectivity index (χ4n) is 1.53. The van der Waals surface area contributed by atoms with Crippen molar-refractivity contribution in [3.05, 3.63) is 62.4 Å². The number of halogens is 4. The molecule has 2 aromatic rings. The zero-order valence-corrected chi connectivity index (χ0v) is 11.2. The number of rotatable bonds is 3. The second kappa shape index (κ2) is 5.49. The predicted molar refractivity (Wildman–Crippen MR) is 70.4 cm³/mol. The maximum atomic E-state index is 13.5. The van der Waals surface area contributed by atoms with Gasteiger partial charge in [-0.25, -0.2) is 13.2 Å². The van der Waals surface area contributed by atoms with Gasteiger partial charge in [-0.05, 0) is 28.1 Å². The third kappa shape index (κ3) is 3.08. The number of anilines is 2. The van der Waals surface area contributed by atoms with Crippen molar-refractivity contribution in [2.75, 3.05) is 5.32 Å². The molecule has 2 rings (SSSR count). The molecular formula is C12H6BrF3N2O2. The number of hydrogen-bond donors (Lipinski definition) is 1. The van der Waals surface area contributed by atoms with Crippen LogP contribution in [-0.4, -0.2) is 4.92 Å². The predicted octanol–water partition coefficient (Wildman–Crippen LogP) is 4.52. The van der Waals surface area contributed by atoms with E-state index < -0.39 is 28.1 Å². The van der Waals surface area contributed by atoms with Crippen molar-refractivity contribution >= 4 is 33.0 Å². The average molecular weight is 347 g/mol. The average Bonchev–Trinajstić information content (AvgIpc) is 2.35. The van der Waals surface area contributed by atoms with Gasteiger partial charge in [0.2, 0.25) is 0 Å². The number of nitro groups is 1. The zero-order valence-electron chi connectivity index (χ0n) is 9.66. The standard InChI is InChI=1S/C12H6BrF3N2O2/c13-9-4-12(11(16)5-10(9)15)17-7-1-6(14)2-8(3-7)18(19)20/h1-5,17H. The van der Waals surface area contributed by atoms with Crippen LogP contribution in [-0.2, 0) is 0 Å². The van der Waals surface area contributed by atoms with Gasteiger partial charge in [0.15, 0.2) is 0 Å². The quantitative estimate of drug-likeness (QED) is 0.505. The summed E-state index contributed by atoms with van der Waals surface area (Å²) in [5.41, 5.74) is -0.638. The lowest BCUT2D eigenvalue weighted by atomic mass is 10.2. The zero-order chi connectivity index (χ0) is 14.9. The van der Waals surface area contributed by atoms with E-state index in [-0.39, 0.29) is 15.8 Å². The molecule has 0 spiro atoms. The molecule has 2 aromatic carbocycles. The second-order valence-corrected chi connectivity index (χ2v) is 4.68. The third-order valence-electron chi connectivity index (χ3n) is 2.38. The van der Waals surface area contributed by atoms with Gasteiger partial charge in [-0.1, -0.05) is 0 Å². The Morgan fingerprint density at radius 2 is 1.75 bits per heavy atom. The highest BCUT2D eigenvalue weighted by Crippen LogP contribution is 2.28. The number of nitro benzene ring substituents is 1. The Balaban J connectivity index is 2.40. The molecule has 0 fully saturated rings. The molecule has 0 radical (unpaired) electrons. The first-order chi connectivity index (χ1) is 9.36. The lowest BCUT2D eigenvalue weighted by Crippen LogP contribution is -1.97. The van der Waals surface area contributed by atoms with Crippen LogP contribution in [0.1, 0.15) is 0 Å². The molecule has 0 amide bonds. The highest BCUT2D eigenvalue weighted by molar-refractivity contribution is 9.10. The van der Waals surface area contributed by atoms with Crippen LogP contribution in [0.15, 0.2) is 34.8 Å². The van der Waals surface area contributed by atoms with Crippen LogP contribution in [0.5, 0.6) is 0 Å². The summed E-state index contributed by atoms with van der Waals surface area (Å²) in [6, 6.07) is 4.49. The van der Waals surface area contributed by atoms with Crippen LogP contribution in [0.2, 0.25) is 0 Å². The highest BCUT2D eigenvalue weighted by Gasteiger charge is 2.12. The van der Waals surface area contributed by atoms with Crippen LogP contribution >= 0.6 is 15.9 Å². The SMILES string of the molecule is O=[N+]([O-])c1cc(F)cc(Nc2cc(Br)c(F)cc2F)c1. The summed E-state index contributed by atoms with van der Waals surface area (Å²) in [4.78, 5) is 9.83. The topological polar surface area (TPSA) is 55.2 Å². The van der Waals surface area contributed by atoms with E-state index in [2.05, 4.69) is 21.2 Å². The summed E-state index contributed by atoms with van der Waals surface area (Å²) in [6.45, 7) is 0. The molecule has 104 valence electrons. The van der Waals surface area contributed by atoms with Gasteiger partial charge in [-0.3, -0.25) is 10.1 Å². The van der Waals surface area contributed by atoms with Gasteiger partial charge in [0.25, 0.3) is 5.69 Å². The first kappa shape index (κ1) is 14.3. The largest absolute Gasteiger partial charge is 0.353 e. The van der Waals surface area contributed by atoms with Gasteiger partial charge < -0.3 is 5.32 Å². The van der Waals surface area contributed by atoms with Gasteiger partial charge in [-0.2, -0.15) is 0 Å². The number of benzene rings is 2. The number of non-ortho nitro benzene ring substituents is 1. The molecule has 0 saturated carbocycles. The van der Waals surface area contributed by atoms with Crippen molar-refractivity contribution in [3.8, 4) is 0 Å².